The number of morpholine rings is 1. The van der Waals surface area contributed by atoms with Gasteiger partial charge in [0.15, 0.2) is 0 Å². The molecule has 0 spiro atoms. The van der Waals surface area contributed by atoms with E-state index in [-0.39, 0.29) is 17.6 Å². The Labute approximate surface area is 106 Å². The molecular weight excluding hydrogens is 238 g/mol. The lowest BCUT2D eigenvalue weighted by Gasteiger charge is -2.33. The van der Waals surface area contributed by atoms with Crippen molar-refractivity contribution in [3.05, 3.63) is 11.1 Å². The summed E-state index contributed by atoms with van der Waals surface area (Å²) in [5, 5.41) is 18.3. The maximum absolute atomic E-state index is 11.3. The highest BCUT2D eigenvalue weighted by Crippen LogP contribution is 2.19. The molecule has 1 aliphatic heterocycles. The summed E-state index contributed by atoms with van der Waals surface area (Å²) in [6.45, 7) is 5.71. The van der Waals surface area contributed by atoms with E-state index in [4.69, 9.17) is 9.84 Å². The molecule has 1 fully saturated rings. The highest BCUT2D eigenvalue weighted by atomic mass is 16.5. The van der Waals surface area contributed by atoms with Gasteiger partial charge in [-0.25, -0.2) is 9.59 Å². The van der Waals surface area contributed by atoms with Crippen LogP contribution in [-0.4, -0.2) is 59.4 Å². The predicted octanol–water partition coefficient (Wildman–Crippen LogP) is 0.583. The molecule has 0 aromatic rings. The second-order valence-electron chi connectivity index (χ2n) is 4.18. The van der Waals surface area contributed by atoms with Crippen LogP contribution >= 0.6 is 0 Å². The van der Waals surface area contributed by atoms with Gasteiger partial charge in [0.1, 0.15) is 0 Å². The van der Waals surface area contributed by atoms with Gasteiger partial charge < -0.3 is 14.9 Å². The number of aliphatic carboxylic acids is 2. The van der Waals surface area contributed by atoms with E-state index in [1.807, 2.05) is 4.90 Å². The molecule has 0 saturated carbocycles. The van der Waals surface area contributed by atoms with Crippen molar-refractivity contribution in [2.24, 2.45) is 0 Å². The smallest absolute Gasteiger partial charge is 0.333 e. The molecule has 0 amide bonds. The molecule has 18 heavy (non-hydrogen) atoms. The summed E-state index contributed by atoms with van der Waals surface area (Å²) in [5.41, 5.74) is -0.0478. The fourth-order valence-corrected chi connectivity index (χ4v) is 2.16. The van der Waals surface area contributed by atoms with Gasteiger partial charge >= 0.3 is 11.9 Å². The number of hydrogen-bond acceptors (Lipinski definition) is 4. The van der Waals surface area contributed by atoms with Gasteiger partial charge in [-0.15, -0.1) is 0 Å². The van der Waals surface area contributed by atoms with Gasteiger partial charge in [-0.05, 0) is 13.3 Å². The number of ether oxygens (including phenoxy) is 1. The molecular formula is C12H19NO5. The first kappa shape index (κ1) is 14.7. The SMILES string of the molecule is CCC(C(=O)O)=C(C(=O)O)C(C)N1CCOCC1. The number of rotatable bonds is 5. The first-order valence-electron chi connectivity index (χ1n) is 6.00. The van der Waals surface area contributed by atoms with Crippen molar-refractivity contribution in [3.63, 3.8) is 0 Å². The molecule has 1 atom stereocenters. The molecule has 6 nitrogen and oxygen atoms in total. The Kier molecular flexibility index (Phi) is 5.30. The second kappa shape index (κ2) is 6.51. The average molecular weight is 257 g/mol. The number of nitrogens with zero attached hydrogens (tertiary/aromatic N) is 1. The van der Waals surface area contributed by atoms with Crippen molar-refractivity contribution in [2.45, 2.75) is 26.3 Å². The molecule has 0 aliphatic carbocycles. The van der Waals surface area contributed by atoms with E-state index in [1.165, 1.54) is 0 Å². The number of carbonyl (C=O) groups is 2. The van der Waals surface area contributed by atoms with Gasteiger partial charge in [-0.1, -0.05) is 6.92 Å². The van der Waals surface area contributed by atoms with Crippen LogP contribution in [0.5, 0.6) is 0 Å². The van der Waals surface area contributed by atoms with E-state index in [0.29, 0.717) is 26.3 Å². The van der Waals surface area contributed by atoms with Gasteiger partial charge in [0.25, 0.3) is 0 Å². The molecule has 6 heteroatoms. The van der Waals surface area contributed by atoms with Gasteiger partial charge in [0.05, 0.1) is 18.8 Å². The third kappa shape index (κ3) is 3.30. The normalized spacial score (nSPS) is 20.1. The van der Waals surface area contributed by atoms with Crippen LogP contribution in [0.4, 0.5) is 0 Å². The van der Waals surface area contributed by atoms with Crippen molar-refractivity contribution >= 4 is 11.9 Å². The monoisotopic (exact) mass is 257 g/mol. The Morgan fingerprint density at radius 1 is 1.22 bits per heavy atom. The van der Waals surface area contributed by atoms with E-state index in [2.05, 4.69) is 0 Å². The van der Waals surface area contributed by atoms with Crippen LogP contribution in [0.3, 0.4) is 0 Å². The molecule has 102 valence electrons. The van der Waals surface area contributed by atoms with Crippen molar-refractivity contribution in [2.75, 3.05) is 26.3 Å². The van der Waals surface area contributed by atoms with Crippen molar-refractivity contribution in [3.8, 4) is 0 Å². The minimum atomic E-state index is -1.16. The molecule has 0 bridgehead atoms. The van der Waals surface area contributed by atoms with Crippen LogP contribution in [0.15, 0.2) is 11.1 Å². The maximum atomic E-state index is 11.3. The summed E-state index contributed by atoms with van der Waals surface area (Å²) < 4.78 is 5.20. The Balaban J connectivity index is 3.03. The fourth-order valence-electron chi connectivity index (χ4n) is 2.16. The molecule has 2 N–H and O–H groups in total. The molecule has 0 radical (unpaired) electrons. The summed E-state index contributed by atoms with van der Waals surface area (Å²) >= 11 is 0. The number of carboxylic acid groups (broad SMARTS) is 2. The largest absolute Gasteiger partial charge is 0.478 e. The number of carboxylic acids is 2. The van der Waals surface area contributed by atoms with Crippen LogP contribution in [0.25, 0.3) is 0 Å². The first-order valence-corrected chi connectivity index (χ1v) is 6.00. The zero-order chi connectivity index (χ0) is 13.7. The highest BCUT2D eigenvalue weighted by molar-refractivity contribution is 5.99. The minimum Gasteiger partial charge on any atom is -0.478 e. The van der Waals surface area contributed by atoms with Crippen LogP contribution in [0.1, 0.15) is 20.3 Å². The standard InChI is InChI=1S/C12H19NO5/c1-3-9(11(14)15)10(12(16)17)8(2)13-4-6-18-7-5-13/h8H,3-7H2,1-2H3,(H,14,15)(H,16,17). The molecule has 0 aromatic heterocycles. The van der Waals surface area contributed by atoms with Crippen LogP contribution in [-0.2, 0) is 14.3 Å². The Hall–Kier alpha value is -1.40. The topological polar surface area (TPSA) is 87.1 Å². The first-order chi connectivity index (χ1) is 8.49. The quantitative estimate of drug-likeness (QED) is 0.701. The zero-order valence-corrected chi connectivity index (χ0v) is 10.7. The molecule has 1 unspecified atom stereocenters. The molecule has 1 heterocycles. The van der Waals surface area contributed by atoms with Crippen LogP contribution in [0, 0.1) is 0 Å². The van der Waals surface area contributed by atoms with E-state index in [9.17, 15) is 14.7 Å². The van der Waals surface area contributed by atoms with E-state index in [0.717, 1.165) is 0 Å². The maximum Gasteiger partial charge on any atom is 0.333 e. The Morgan fingerprint density at radius 3 is 2.17 bits per heavy atom. The van der Waals surface area contributed by atoms with Gasteiger partial charge in [-0.3, -0.25) is 4.90 Å². The zero-order valence-electron chi connectivity index (χ0n) is 10.7. The van der Waals surface area contributed by atoms with Crippen LogP contribution in [0.2, 0.25) is 0 Å². The van der Waals surface area contributed by atoms with Crippen molar-refractivity contribution < 1.29 is 24.5 Å². The van der Waals surface area contributed by atoms with E-state index >= 15 is 0 Å². The van der Waals surface area contributed by atoms with E-state index < -0.39 is 18.0 Å². The van der Waals surface area contributed by atoms with Gasteiger partial charge in [0, 0.05) is 24.7 Å². The van der Waals surface area contributed by atoms with Gasteiger partial charge in [0.2, 0.25) is 0 Å². The second-order valence-corrected chi connectivity index (χ2v) is 4.18. The van der Waals surface area contributed by atoms with Gasteiger partial charge in [-0.2, -0.15) is 0 Å². The molecule has 0 aromatic carbocycles. The minimum absolute atomic E-state index is 0.0214. The molecule has 1 rings (SSSR count). The molecule has 1 saturated heterocycles. The van der Waals surface area contributed by atoms with Crippen molar-refractivity contribution in [1.29, 1.82) is 0 Å². The summed E-state index contributed by atoms with van der Waals surface area (Å²) in [7, 11) is 0. The molecule has 1 aliphatic rings. The fraction of sp³-hybridized carbons (Fsp3) is 0.667. The predicted molar refractivity (Wildman–Crippen MR) is 64.4 cm³/mol. The highest BCUT2D eigenvalue weighted by Gasteiger charge is 2.29. The summed E-state index contributed by atoms with van der Waals surface area (Å²) in [6.07, 6.45) is 0.200. The van der Waals surface area contributed by atoms with Crippen LogP contribution < -0.4 is 0 Å². The lowest BCUT2D eigenvalue weighted by atomic mass is 9.98. The van der Waals surface area contributed by atoms with E-state index in [1.54, 1.807) is 13.8 Å². The van der Waals surface area contributed by atoms with Crippen molar-refractivity contribution in [1.82, 2.24) is 4.90 Å². The summed E-state index contributed by atoms with van der Waals surface area (Å²) in [6, 6.07) is -0.419. The lowest BCUT2D eigenvalue weighted by molar-refractivity contribution is -0.136. The summed E-state index contributed by atoms with van der Waals surface area (Å²) in [5.74, 6) is -2.32. The Morgan fingerprint density at radius 2 is 1.78 bits per heavy atom. The number of hydrogen-bond donors (Lipinski definition) is 2. The lowest BCUT2D eigenvalue weighted by Crippen LogP contribution is -2.44. The third-order valence-electron chi connectivity index (χ3n) is 3.18. The summed E-state index contributed by atoms with van der Waals surface area (Å²) in [4.78, 5) is 24.3. The average Bonchev–Trinajstić information content (AvgIpc) is 2.35. The third-order valence-corrected chi connectivity index (χ3v) is 3.18. The Bertz CT molecular complexity index is 357.